The lowest BCUT2D eigenvalue weighted by molar-refractivity contribution is 0.561. The number of aliphatic imine (C=N–C) groups is 2. The summed E-state index contributed by atoms with van der Waals surface area (Å²) in [6.45, 7) is 7.84. The van der Waals surface area contributed by atoms with Crippen LogP contribution in [0.15, 0.2) is 51.1 Å². The molecule has 0 spiro atoms. The first kappa shape index (κ1) is 21.3. The monoisotopic (exact) mass is 429 g/mol. The molecule has 0 aliphatic carbocycles. The highest BCUT2D eigenvalue weighted by atomic mass is 32.2. The average molecular weight is 430 g/mol. The number of nitrogens with zero attached hydrogens (tertiary/aromatic N) is 3. The van der Waals surface area contributed by atoms with Gasteiger partial charge in [0.1, 0.15) is 9.21 Å². The molecule has 1 aromatic carbocycles. The Hall–Kier alpha value is -2.45. The third kappa shape index (κ3) is 4.59. The summed E-state index contributed by atoms with van der Waals surface area (Å²) in [6, 6.07) is 9.79. The van der Waals surface area contributed by atoms with Crippen molar-refractivity contribution in [2.75, 3.05) is 31.6 Å². The number of hydrogen-bond donors (Lipinski definition) is 2. The normalized spacial score (nSPS) is 15.4. The van der Waals surface area contributed by atoms with Crippen LogP contribution in [-0.4, -0.2) is 46.7 Å². The summed E-state index contributed by atoms with van der Waals surface area (Å²) >= 11 is 1.33. The van der Waals surface area contributed by atoms with Crippen molar-refractivity contribution in [3.05, 3.63) is 48.0 Å². The maximum atomic E-state index is 12.8. The first-order valence-corrected chi connectivity index (χ1v) is 11.7. The van der Waals surface area contributed by atoms with Gasteiger partial charge in [0, 0.05) is 24.9 Å². The van der Waals surface area contributed by atoms with E-state index in [9.17, 15) is 4.21 Å². The number of nitrogen functional groups attached to an aromatic ring is 1. The molecule has 1 aliphatic heterocycles. The van der Waals surface area contributed by atoms with Crippen LogP contribution in [0.5, 0.6) is 0 Å². The summed E-state index contributed by atoms with van der Waals surface area (Å²) in [5.74, 6) is 1.58. The summed E-state index contributed by atoms with van der Waals surface area (Å²) in [5.41, 5.74) is 15.6. The minimum atomic E-state index is -1.18. The van der Waals surface area contributed by atoms with Crippen LogP contribution in [0.1, 0.15) is 30.9 Å². The van der Waals surface area contributed by atoms with Crippen LogP contribution in [-0.2, 0) is 10.8 Å². The molecule has 2 aromatic rings. The lowest BCUT2D eigenvalue weighted by atomic mass is 10.0. The zero-order chi connectivity index (χ0) is 21.0. The predicted octanol–water partition coefficient (Wildman–Crippen LogP) is 3.63. The average Bonchev–Trinajstić information content (AvgIpc) is 3.29. The zero-order valence-electron chi connectivity index (χ0n) is 16.9. The highest BCUT2D eigenvalue weighted by molar-refractivity contribution is 7.87. The van der Waals surface area contributed by atoms with Crippen LogP contribution >= 0.6 is 11.3 Å². The molecular weight excluding hydrogens is 402 g/mol. The molecule has 154 valence electrons. The molecule has 1 aromatic heterocycles. The minimum Gasteiger partial charge on any atom is -0.396 e. The summed E-state index contributed by atoms with van der Waals surface area (Å²) in [4.78, 5) is 11.0. The summed E-state index contributed by atoms with van der Waals surface area (Å²) < 4.78 is 13.5. The van der Waals surface area contributed by atoms with Crippen molar-refractivity contribution in [2.24, 2.45) is 15.7 Å². The van der Waals surface area contributed by atoms with Gasteiger partial charge in [-0.2, -0.15) is 0 Å². The molecule has 8 heteroatoms. The Morgan fingerprint density at radius 2 is 2.10 bits per heavy atom. The number of rotatable bonds is 8. The van der Waals surface area contributed by atoms with Crippen molar-refractivity contribution < 1.29 is 4.21 Å². The first-order chi connectivity index (χ1) is 13.9. The van der Waals surface area contributed by atoms with Crippen molar-refractivity contribution in [3.63, 3.8) is 0 Å². The fraction of sp³-hybridized carbons (Fsp3) is 0.333. The van der Waals surface area contributed by atoms with Crippen molar-refractivity contribution in [1.82, 2.24) is 4.90 Å². The van der Waals surface area contributed by atoms with Gasteiger partial charge in [-0.1, -0.05) is 50.3 Å². The second-order valence-corrected chi connectivity index (χ2v) is 9.62. The molecule has 0 radical (unpaired) electrons. The van der Waals surface area contributed by atoms with Crippen molar-refractivity contribution in [2.45, 2.75) is 24.0 Å². The number of anilines is 1. The highest BCUT2D eigenvalue weighted by Crippen LogP contribution is 2.45. The molecule has 2 heterocycles. The van der Waals surface area contributed by atoms with E-state index in [0.717, 1.165) is 30.5 Å². The van der Waals surface area contributed by atoms with Crippen LogP contribution in [0.3, 0.4) is 0 Å². The van der Waals surface area contributed by atoms with E-state index in [-0.39, 0.29) is 0 Å². The van der Waals surface area contributed by atoms with E-state index < -0.39 is 10.8 Å². The molecule has 4 N–H and O–H groups in total. The number of amidine groups is 2. The maximum absolute atomic E-state index is 12.8. The molecule has 6 nitrogen and oxygen atoms in total. The number of thiophene rings is 1. The molecule has 1 atom stereocenters. The SMILES string of the molecule is C=C(c1ccccc1)c1c(N=C(N)C2=NCCN2C)sc(S(=O)CCCC)c1N. The quantitative estimate of drug-likeness (QED) is 0.494. The van der Waals surface area contributed by atoms with E-state index >= 15 is 0 Å². The van der Waals surface area contributed by atoms with Gasteiger partial charge in [-0.05, 0) is 17.6 Å². The van der Waals surface area contributed by atoms with E-state index in [2.05, 4.69) is 23.5 Å². The molecule has 0 amide bonds. The zero-order valence-corrected chi connectivity index (χ0v) is 18.5. The molecule has 0 bridgehead atoms. The number of nitrogens with two attached hydrogens (primary N) is 2. The lowest BCUT2D eigenvalue weighted by Crippen LogP contribution is -2.34. The van der Waals surface area contributed by atoms with Gasteiger partial charge >= 0.3 is 0 Å². The van der Waals surface area contributed by atoms with E-state index in [1.54, 1.807) is 0 Å². The molecule has 0 fully saturated rings. The fourth-order valence-electron chi connectivity index (χ4n) is 3.07. The molecule has 0 saturated heterocycles. The Balaban J connectivity index is 2.08. The first-order valence-electron chi connectivity index (χ1n) is 9.59. The second-order valence-electron chi connectivity index (χ2n) is 6.86. The Bertz CT molecular complexity index is 978. The van der Waals surface area contributed by atoms with Crippen LogP contribution in [0.25, 0.3) is 5.57 Å². The van der Waals surface area contributed by atoms with Crippen molar-refractivity contribution in [3.8, 4) is 0 Å². The molecule has 0 saturated carbocycles. The van der Waals surface area contributed by atoms with Crippen LogP contribution in [0.2, 0.25) is 0 Å². The topological polar surface area (TPSA) is 97.1 Å². The Labute approximate surface area is 178 Å². The Morgan fingerprint density at radius 3 is 2.72 bits per heavy atom. The molecular formula is C21H27N5OS2. The van der Waals surface area contributed by atoms with Gasteiger partial charge in [-0.25, -0.2) is 4.99 Å². The minimum absolute atomic E-state index is 0.333. The Kier molecular flexibility index (Phi) is 6.87. The van der Waals surface area contributed by atoms with Crippen LogP contribution < -0.4 is 11.5 Å². The van der Waals surface area contributed by atoms with E-state index in [1.807, 2.05) is 42.3 Å². The molecule has 1 aliphatic rings. The standard InChI is InChI=1S/C21H27N5OS2/c1-4-5-13-29(27)21-17(22)16(14(2)15-9-7-6-8-10-15)20(28-21)25-18(23)19-24-11-12-26(19)3/h6-10H,2,4-5,11-13,22H2,1,3H3,(H2,23,25). The number of likely N-dealkylation sites (N-methyl/N-ethyl adjacent to an activating group) is 1. The van der Waals surface area contributed by atoms with E-state index in [4.69, 9.17) is 11.5 Å². The highest BCUT2D eigenvalue weighted by Gasteiger charge is 2.24. The Morgan fingerprint density at radius 1 is 1.38 bits per heavy atom. The van der Waals surface area contributed by atoms with E-state index in [0.29, 0.717) is 44.4 Å². The van der Waals surface area contributed by atoms with Gasteiger partial charge in [-0.3, -0.25) is 9.20 Å². The van der Waals surface area contributed by atoms with Crippen LogP contribution in [0, 0.1) is 0 Å². The van der Waals surface area contributed by atoms with Gasteiger partial charge < -0.3 is 16.4 Å². The summed E-state index contributed by atoms with van der Waals surface area (Å²) in [7, 11) is 0.757. The second kappa shape index (κ2) is 9.37. The maximum Gasteiger partial charge on any atom is 0.167 e. The summed E-state index contributed by atoms with van der Waals surface area (Å²) in [5, 5.41) is 0.622. The number of unbranched alkanes of at least 4 members (excludes halogenated alkanes) is 1. The van der Waals surface area contributed by atoms with E-state index in [1.165, 1.54) is 11.3 Å². The van der Waals surface area contributed by atoms with Gasteiger partial charge in [0.05, 0.1) is 23.0 Å². The molecule has 3 rings (SSSR count). The smallest absolute Gasteiger partial charge is 0.167 e. The summed E-state index contributed by atoms with van der Waals surface area (Å²) in [6.07, 6.45) is 1.85. The number of hydrogen-bond acceptors (Lipinski definition) is 6. The van der Waals surface area contributed by atoms with Crippen molar-refractivity contribution in [1.29, 1.82) is 0 Å². The molecule has 1 unspecified atom stereocenters. The third-order valence-electron chi connectivity index (χ3n) is 4.72. The number of benzene rings is 1. The van der Waals surface area contributed by atoms with Crippen molar-refractivity contribution >= 4 is 50.1 Å². The van der Waals surface area contributed by atoms with Gasteiger partial charge in [0.15, 0.2) is 11.7 Å². The van der Waals surface area contributed by atoms with Crippen LogP contribution in [0.4, 0.5) is 10.7 Å². The lowest BCUT2D eigenvalue weighted by Gasteiger charge is -2.13. The van der Waals surface area contributed by atoms with Gasteiger partial charge in [0.25, 0.3) is 0 Å². The molecule has 29 heavy (non-hydrogen) atoms. The fourth-order valence-corrected chi connectivity index (χ4v) is 5.88. The van der Waals surface area contributed by atoms with Gasteiger partial charge in [-0.15, -0.1) is 11.3 Å². The third-order valence-corrected chi connectivity index (χ3v) is 7.71. The van der Waals surface area contributed by atoms with Gasteiger partial charge in [0.2, 0.25) is 0 Å². The largest absolute Gasteiger partial charge is 0.396 e. The predicted molar refractivity (Wildman–Crippen MR) is 126 cm³/mol.